The second kappa shape index (κ2) is 7.21. The van der Waals surface area contributed by atoms with Crippen LogP contribution in [-0.4, -0.2) is 29.6 Å². The van der Waals surface area contributed by atoms with Crippen LogP contribution in [0.5, 0.6) is 0 Å². The topological polar surface area (TPSA) is 41.1 Å². The number of hydrogen-bond donors (Lipinski definition) is 1. The van der Waals surface area contributed by atoms with Crippen molar-refractivity contribution in [2.24, 2.45) is 0 Å². The van der Waals surface area contributed by atoms with Gasteiger partial charge in [-0.25, -0.2) is 9.97 Å². The van der Waals surface area contributed by atoms with E-state index in [4.69, 9.17) is 9.97 Å². The maximum absolute atomic E-state index is 4.95. The molecule has 21 heavy (non-hydrogen) atoms. The highest BCUT2D eigenvalue weighted by Gasteiger charge is 2.21. The van der Waals surface area contributed by atoms with Gasteiger partial charge in [0.25, 0.3) is 0 Å². The highest BCUT2D eigenvalue weighted by atomic mass is 15.2. The molecule has 0 saturated carbocycles. The Labute approximate surface area is 128 Å². The fraction of sp³-hybridized carbons (Fsp3) is 0.765. The number of fused-ring (bicyclic) bond motifs is 1. The van der Waals surface area contributed by atoms with Crippen molar-refractivity contribution in [3.8, 4) is 0 Å². The number of nitrogens with zero attached hydrogens (tertiary/aromatic N) is 3. The van der Waals surface area contributed by atoms with Crippen LogP contribution < -0.4 is 10.2 Å². The molecule has 1 N–H and O–H groups in total. The Morgan fingerprint density at radius 3 is 2.71 bits per heavy atom. The summed E-state index contributed by atoms with van der Waals surface area (Å²) >= 11 is 0. The predicted molar refractivity (Wildman–Crippen MR) is 86.7 cm³/mol. The van der Waals surface area contributed by atoms with Crippen molar-refractivity contribution >= 4 is 5.95 Å². The first kappa shape index (κ1) is 14.8. The molecule has 4 heteroatoms. The fourth-order valence-electron chi connectivity index (χ4n) is 3.59. The molecule has 0 amide bonds. The molecule has 1 unspecified atom stereocenters. The van der Waals surface area contributed by atoms with E-state index in [1.807, 2.05) is 0 Å². The van der Waals surface area contributed by atoms with Gasteiger partial charge in [0.1, 0.15) is 0 Å². The number of aryl methyl sites for hydroxylation is 1. The van der Waals surface area contributed by atoms with Crippen molar-refractivity contribution in [1.82, 2.24) is 15.3 Å². The molecule has 0 spiro atoms. The standard InChI is InChI=1S/C17H28N4/c1-2-18-15-9-5-6-10-16-14(15)13-19-17(20-16)21-11-7-3-4-8-12-21/h13,15,18H,2-12H2,1H3. The van der Waals surface area contributed by atoms with E-state index in [0.717, 1.165) is 32.0 Å². The minimum Gasteiger partial charge on any atom is -0.341 e. The highest BCUT2D eigenvalue weighted by molar-refractivity contribution is 5.35. The molecule has 116 valence electrons. The zero-order chi connectivity index (χ0) is 14.5. The van der Waals surface area contributed by atoms with Crippen molar-refractivity contribution in [2.75, 3.05) is 24.5 Å². The van der Waals surface area contributed by atoms with Crippen LogP contribution >= 0.6 is 0 Å². The van der Waals surface area contributed by atoms with Gasteiger partial charge in [0.15, 0.2) is 0 Å². The van der Waals surface area contributed by atoms with Crippen LogP contribution in [0.1, 0.15) is 69.2 Å². The Morgan fingerprint density at radius 1 is 1.14 bits per heavy atom. The van der Waals surface area contributed by atoms with Gasteiger partial charge in [0.2, 0.25) is 5.95 Å². The molecule has 0 radical (unpaired) electrons. The molecular formula is C17H28N4. The number of nitrogens with one attached hydrogen (secondary N) is 1. The zero-order valence-electron chi connectivity index (χ0n) is 13.3. The summed E-state index contributed by atoms with van der Waals surface area (Å²) in [5.41, 5.74) is 2.63. The second-order valence-corrected chi connectivity index (χ2v) is 6.33. The molecule has 1 aromatic rings. The first-order valence-corrected chi connectivity index (χ1v) is 8.72. The van der Waals surface area contributed by atoms with Crippen molar-refractivity contribution in [3.63, 3.8) is 0 Å². The maximum Gasteiger partial charge on any atom is 0.225 e. The first-order chi connectivity index (χ1) is 10.4. The Balaban J connectivity index is 1.83. The molecule has 2 heterocycles. The van der Waals surface area contributed by atoms with Crippen molar-refractivity contribution in [1.29, 1.82) is 0 Å². The molecule has 1 aliphatic carbocycles. The molecule has 1 aromatic heterocycles. The summed E-state index contributed by atoms with van der Waals surface area (Å²) in [6.45, 7) is 5.43. The van der Waals surface area contributed by atoms with Gasteiger partial charge in [-0.3, -0.25) is 0 Å². The van der Waals surface area contributed by atoms with E-state index >= 15 is 0 Å². The number of anilines is 1. The van der Waals surface area contributed by atoms with Crippen LogP contribution in [0, 0.1) is 0 Å². The van der Waals surface area contributed by atoms with Crippen LogP contribution in [0.2, 0.25) is 0 Å². The molecule has 4 nitrogen and oxygen atoms in total. The lowest BCUT2D eigenvalue weighted by atomic mass is 10.1. The Hall–Kier alpha value is -1.16. The quantitative estimate of drug-likeness (QED) is 0.867. The summed E-state index contributed by atoms with van der Waals surface area (Å²) in [7, 11) is 0. The monoisotopic (exact) mass is 288 g/mol. The third kappa shape index (κ3) is 3.54. The minimum atomic E-state index is 0.450. The average molecular weight is 288 g/mol. The molecule has 3 rings (SSSR count). The van der Waals surface area contributed by atoms with Crippen LogP contribution in [-0.2, 0) is 6.42 Å². The van der Waals surface area contributed by atoms with E-state index in [0.29, 0.717) is 6.04 Å². The zero-order valence-corrected chi connectivity index (χ0v) is 13.3. The lowest BCUT2D eigenvalue weighted by Crippen LogP contribution is -2.27. The lowest BCUT2D eigenvalue weighted by Gasteiger charge is -2.23. The first-order valence-electron chi connectivity index (χ1n) is 8.72. The molecular weight excluding hydrogens is 260 g/mol. The third-order valence-corrected chi connectivity index (χ3v) is 4.76. The van der Waals surface area contributed by atoms with Gasteiger partial charge in [0, 0.05) is 30.9 Å². The average Bonchev–Trinajstić information content (AvgIpc) is 2.88. The van der Waals surface area contributed by atoms with Crippen molar-refractivity contribution < 1.29 is 0 Å². The molecule has 2 aliphatic rings. The van der Waals surface area contributed by atoms with Crippen LogP contribution in [0.15, 0.2) is 6.20 Å². The Bertz CT molecular complexity index is 452. The number of hydrogen-bond acceptors (Lipinski definition) is 4. The third-order valence-electron chi connectivity index (χ3n) is 4.76. The van der Waals surface area contributed by atoms with Crippen molar-refractivity contribution in [2.45, 2.75) is 64.3 Å². The van der Waals surface area contributed by atoms with Crippen LogP contribution in [0.3, 0.4) is 0 Å². The number of rotatable bonds is 3. The summed E-state index contributed by atoms with van der Waals surface area (Å²) in [6.07, 6.45) is 12.2. The maximum atomic E-state index is 4.95. The van der Waals surface area contributed by atoms with E-state index in [1.165, 1.54) is 56.2 Å². The van der Waals surface area contributed by atoms with Gasteiger partial charge in [-0.15, -0.1) is 0 Å². The summed E-state index contributed by atoms with van der Waals surface area (Å²) in [5.74, 6) is 0.966. The van der Waals surface area contributed by atoms with Crippen molar-refractivity contribution in [3.05, 3.63) is 17.5 Å². The molecule has 0 bridgehead atoms. The SMILES string of the molecule is CCNC1CCCCc2nc(N3CCCCCC3)ncc21. The lowest BCUT2D eigenvalue weighted by molar-refractivity contribution is 0.502. The largest absolute Gasteiger partial charge is 0.341 e. The summed E-state index contributed by atoms with van der Waals surface area (Å²) in [5, 5.41) is 3.60. The van der Waals surface area contributed by atoms with E-state index in [-0.39, 0.29) is 0 Å². The van der Waals surface area contributed by atoms with E-state index in [9.17, 15) is 0 Å². The van der Waals surface area contributed by atoms with Gasteiger partial charge >= 0.3 is 0 Å². The van der Waals surface area contributed by atoms with Gasteiger partial charge in [0.05, 0.1) is 5.69 Å². The number of aromatic nitrogens is 2. The molecule has 1 fully saturated rings. The summed E-state index contributed by atoms with van der Waals surface area (Å²) in [6, 6.07) is 0.450. The van der Waals surface area contributed by atoms with Gasteiger partial charge in [-0.05, 0) is 38.6 Å². The van der Waals surface area contributed by atoms with Gasteiger partial charge in [-0.2, -0.15) is 0 Å². The molecule has 0 aromatic carbocycles. The minimum absolute atomic E-state index is 0.450. The smallest absolute Gasteiger partial charge is 0.225 e. The van der Waals surface area contributed by atoms with Crippen LogP contribution in [0.25, 0.3) is 0 Å². The molecule has 1 saturated heterocycles. The van der Waals surface area contributed by atoms with E-state index in [1.54, 1.807) is 0 Å². The molecule has 1 atom stereocenters. The van der Waals surface area contributed by atoms with E-state index in [2.05, 4.69) is 23.3 Å². The molecule has 1 aliphatic heterocycles. The predicted octanol–water partition coefficient (Wildman–Crippen LogP) is 3.23. The Kier molecular flexibility index (Phi) is 5.07. The van der Waals surface area contributed by atoms with E-state index < -0.39 is 0 Å². The fourth-order valence-corrected chi connectivity index (χ4v) is 3.59. The Morgan fingerprint density at radius 2 is 1.95 bits per heavy atom. The summed E-state index contributed by atoms with van der Waals surface area (Å²) < 4.78 is 0. The normalized spacial score (nSPS) is 23.3. The van der Waals surface area contributed by atoms with Gasteiger partial charge < -0.3 is 10.2 Å². The summed E-state index contributed by atoms with van der Waals surface area (Å²) in [4.78, 5) is 12.0. The highest BCUT2D eigenvalue weighted by Crippen LogP contribution is 2.28. The van der Waals surface area contributed by atoms with Crippen LogP contribution in [0.4, 0.5) is 5.95 Å². The van der Waals surface area contributed by atoms with Gasteiger partial charge in [-0.1, -0.05) is 26.2 Å². The second-order valence-electron chi connectivity index (χ2n) is 6.33.